The summed E-state index contributed by atoms with van der Waals surface area (Å²) in [5.41, 5.74) is 3.17. The van der Waals surface area contributed by atoms with Crippen molar-refractivity contribution in [2.45, 2.75) is 6.10 Å². The minimum Gasteiger partial charge on any atom is -0.486 e. The molecule has 2 aromatic heterocycles. The molecule has 0 spiro atoms. The van der Waals surface area contributed by atoms with Crippen LogP contribution in [0.5, 0.6) is 5.75 Å². The average molecular weight is 457 g/mol. The lowest BCUT2D eigenvalue weighted by Gasteiger charge is -2.36. The first-order chi connectivity index (χ1) is 16.6. The van der Waals surface area contributed by atoms with Crippen molar-refractivity contribution < 1.29 is 4.74 Å². The Bertz CT molecular complexity index is 1180. The van der Waals surface area contributed by atoms with E-state index in [9.17, 15) is 5.26 Å². The fraction of sp³-hybridized carbons (Fsp3) is 0.360. The largest absolute Gasteiger partial charge is 0.486 e. The van der Waals surface area contributed by atoms with Crippen molar-refractivity contribution >= 4 is 17.5 Å². The molecule has 1 N–H and O–H groups in total. The van der Waals surface area contributed by atoms with Crippen molar-refractivity contribution in [2.75, 3.05) is 63.6 Å². The number of likely N-dealkylation sites (N-methyl/N-ethyl adjacent to an activating group) is 2. The van der Waals surface area contributed by atoms with E-state index in [0.29, 0.717) is 23.1 Å². The van der Waals surface area contributed by atoms with E-state index in [1.165, 1.54) is 0 Å². The molecular weight excluding hydrogens is 428 g/mol. The lowest BCUT2D eigenvalue weighted by molar-refractivity contribution is 0.0386. The van der Waals surface area contributed by atoms with Gasteiger partial charge in [-0.1, -0.05) is 0 Å². The van der Waals surface area contributed by atoms with Crippen LogP contribution < -0.4 is 15.0 Å². The summed E-state index contributed by atoms with van der Waals surface area (Å²) in [6, 6.07) is 13.7. The first-order valence-electron chi connectivity index (χ1n) is 11.5. The molecule has 1 aromatic carbocycles. The van der Waals surface area contributed by atoms with Crippen molar-refractivity contribution in [1.29, 1.82) is 5.26 Å². The Kier molecular flexibility index (Phi) is 6.25. The van der Waals surface area contributed by atoms with Crippen molar-refractivity contribution in [3.8, 4) is 23.1 Å². The van der Waals surface area contributed by atoms with Gasteiger partial charge in [0.05, 0.1) is 23.1 Å². The van der Waals surface area contributed by atoms with Gasteiger partial charge in [0, 0.05) is 51.0 Å². The van der Waals surface area contributed by atoms with Gasteiger partial charge < -0.3 is 19.9 Å². The molecule has 2 fully saturated rings. The summed E-state index contributed by atoms with van der Waals surface area (Å²) in [6.45, 7) is 5.86. The fourth-order valence-corrected chi connectivity index (χ4v) is 4.18. The molecule has 174 valence electrons. The minimum atomic E-state index is 0.132. The molecule has 2 aliphatic heterocycles. The molecule has 4 heterocycles. The molecular formula is C25H28N8O. The van der Waals surface area contributed by atoms with Gasteiger partial charge in [-0.2, -0.15) is 5.26 Å². The Morgan fingerprint density at radius 2 is 1.82 bits per heavy atom. The van der Waals surface area contributed by atoms with Gasteiger partial charge in [0.25, 0.3) is 0 Å². The zero-order valence-electron chi connectivity index (χ0n) is 19.5. The summed E-state index contributed by atoms with van der Waals surface area (Å²) < 4.78 is 5.97. The summed E-state index contributed by atoms with van der Waals surface area (Å²) in [7, 11) is 4.19. The zero-order chi connectivity index (χ0) is 23.5. The van der Waals surface area contributed by atoms with Gasteiger partial charge in [-0.15, -0.1) is 0 Å². The van der Waals surface area contributed by atoms with Gasteiger partial charge in [-0.25, -0.2) is 15.0 Å². The third kappa shape index (κ3) is 4.93. The lowest BCUT2D eigenvalue weighted by Crippen LogP contribution is -2.51. The van der Waals surface area contributed by atoms with E-state index in [4.69, 9.17) is 4.74 Å². The maximum absolute atomic E-state index is 9.62. The van der Waals surface area contributed by atoms with Gasteiger partial charge in [0.15, 0.2) is 0 Å². The van der Waals surface area contributed by atoms with Crippen LogP contribution in [0.25, 0.3) is 11.3 Å². The highest BCUT2D eigenvalue weighted by molar-refractivity contribution is 5.65. The number of rotatable bonds is 6. The van der Waals surface area contributed by atoms with Crippen LogP contribution in [0.15, 0.2) is 48.8 Å². The quantitative estimate of drug-likeness (QED) is 0.601. The molecule has 3 aromatic rings. The summed E-state index contributed by atoms with van der Waals surface area (Å²) in [5.74, 6) is 1.75. The molecule has 0 atom stereocenters. The number of anilines is 3. The molecule has 34 heavy (non-hydrogen) atoms. The molecule has 0 amide bonds. The molecule has 9 heteroatoms. The van der Waals surface area contributed by atoms with E-state index in [1.807, 2.05) is 43.6 Å². The fourth-order valence-electron chi connectivity index (χ4n) is 4.18. The molecule has 5 rings (SSSR count). The van der Waals surface area contributed by atoms with Crippen LogP contribution in [-0.4, -0.2) is 84.2 Å². The van der Waals surface area contributed by atoms with Crippen molar-refractivity contribution in [1.82, 2.24) is 24.8 Å². The van der Waals surface area contributed by atoms with Crippen LogP contribution >= 0.6 is 0 Å². The summed E-state index contributed by atoms with van der Waals surface area (Å²) in [4.78, 5) is 20.4. The molecule has 0 saturated carbocycles. The van der Waals surface area contributed by atoms with Crippen molar-refractivity contribution in [2.24, 2.45) is 0 Å². The number of likely N-dealkylation sites (tertiary alicyclic amines) is 1. The second-order valence-electron chi connectivity index (χ2n) is 8.87. The lowest BCUT2D eigenvalue weighted by atomic mass is 10.1. The second-order valence-corrected chi connectivity index (χ2v) is 8.87. The molecule has 0 unspecified atom stereocenters. The van der Waals surface area contributed by atoms with Gasteiger partial charge >= 0.3 is 0 Å². The molecule has 9 nitrogen and oxygen atoms in total. The first-order valence-corrected chi connectivity index (χ1v) is 11.5. The normalized spacial score (nSPS) is 17.1. The second kappa shape index (κ2) is 9.63. The van der Waals surface area contributed by atoms with Gasteiger partial charge in [-0.3, -0.25) is 4.90 Å². The van der Waals surface area contributed by atoms with Crippen molar-refractivity contribution in [3.05, 3.63) is 54.4 Å². The predicted molar refractivity (Wildman–Crippen MR) is 131 cm³/mol. The number of nitrogens with zero attached hydrogens (tertiary/aromatic N) is 7. The van der Waals surface area contributed by atoms with E-state index >= 15 is 0 Å². The Morgan fingerprint density at radius 3 is 2.53 bits per heavy atom. The smallest absolute Gasteiger partial charge is 0.228 e. The number of pyridine rings is 1. The SMILES string of the molecule is CN1CCN(c2ccc(Nc3nccc(-c4ccc(OC5CN(C)C5)c(C#N)c4)n3)nc2)CC1. The topological polar surface area (TPSA) is 93.4 Å². The number of piperazine rings is 1. The predicted octanol–water partition coefficient (Wildman–Crippen LogP) is 2.60. The van der Waals surface area contributed by atoms with Crippen LogP contribution in [0.4, 0.5) is 17.5 Å². The van der Waals surface area contributed by atoms with E-state index in [2.05, 4.69) is 54.2 Å². The average Bonchev–Trinajstić information content (AvgIpc) is 2.84. The first kappa shape index (κ1) is 22.1. The zero-order valence-corrected chi connectivity index (χ0v) is 19.5. The maximum atomic E-state index is 9.62. The van der Waals surface area contributed by atoms with Crippen molar-refractivity contribution in [3.63, 3.8) is 0 Å². The molecule has 2 aliphatic rings. The van der Waals surface area contributed by atoms with Gasteiger partial charge in [0.2, 0.25) is 5.95 Å². The Balaban J connectivity index is 1.28. The van der Waals surface area contributed by atoms with Crippen LogP contribution in [0.3, 0.4) is 0 Å². The van der Waals surface area contributed by atoms with E-state index < -0.39 is 0 Å². The number of ether oxygens (including phenoxy) is 1. The van der Waals surface area contributed by atoms with E-state index in [0.717, 1.165) is 56.2 Å². The number of aromatic nitrogens is 3. The van der Waals surface area contributed by atoms with Crippen LogP contribution in [0.2, 0.25) is 0 Å². The van der Waals surface area contributed by atoms with Gasteiger partial charge in [-0.05, 0) is 50.5 Å². The van der Waals surface area contributed by atoms with Gasteiger partial charge in [0.1, 0.15) is 23.7 Å². The number of hydrogen-bond donors (Lipinski definition) is 1. The highest BCUT2D eigenvalue weighted by atomic mass is 16.5. The van der Waals surface area contributed by atoms with Crippen LogP contribution in [0.1, 0.15) is 5.56 Å². The Labute approximate surface area is 199 Å². The molecule has 2 saturated heterocycles. The highest BCUT2D eigenvalue weighted by Gasteiger charge is 2.25. The summed E-state index contributed by atoms with van der Waals surface area (Å²) in [6.07, 6.45) is 3.71. The maximum Gasteiger partial charge on any atom is 0.228 e. The van der Waals surface area contributed by atoms with Crippen LogP contribution in [0, 0.1) is 11.3 Å². The Morgan fingerprint density at radius 1 is 1.00 bits per heavy atom. The van der Waals surface area contributed by atoms with E-state index in [-0.39, 0.29) is 6.10 Å². The molecule has 0 aliphatic carbocycles. The minimum absolute atomic E-state index is 0.132. The third-order valence-corrected chi connectivity index (χ3v) is 6.23. The molecule has 0 radical (unpaired) electrons. The number of nitrogens with one attached hydrogen (secondary N) is 1. The number of benzene rings is 1. The number of hydrogen-bond acceptors (Lipinski definition) is 9. The Hall–Kier alpha value is -3.74. The monoisotopic (exact) mass is 456 g/mol. The van der Waals surface area contributed by atoms with Crippen LogP contribution in [-0.2, 0) is 0 Å². The summed E-state index contributed by atoms with van der Waals surface area (Å²) >= 11 is 0. The number of nitriles is 1. The third-order valence-electron chi connectivity index (χ3n) is 6.23. The highest BCUT2D eigenvalue weighted by Crippen LogP contribution is 2.28. The van der Waals surface area contributed by atoms with E-state index in [1.54, 1.807) is 6.20 Å². The summed E-state index contributed by atoms with van der Waals surface area (Å²) in [5, 5.41) is 12.8. The molecule has 0 bridgehead atoms. The standard InChI is InChI=1S/C25H28N8O/c1-31-9-11-33(12-10-31)20-4-6-24(28-15-20)30-25-27-8-7-22(29-25)18-3-5-23(19(13-18)14-26)34-21-16-32(2)17-21/h3-8,13,15,21H,9-12,16-17H2,1-2H3,(H,27,28,29,30).